The molecule has 170 valence electrons. The summed E-state index contributed by atoms with van der Waals surface area (Å²) >= 11 is 4.05. The third kappa shape index (κ3) is 4.65. The predicted molar refractivity (Wildman–Crippen MR) is 131 cm³/mol. The van der Waals surface area contributed by atoms with E-state index in [2.05, 4.69) is 56.3 Å². The lowest BCUT2D eigenvalue weighted by Gasteiger charge is -2.61. The van der Waals surface area contributed by atoms with Crippen LogP contribution in [0.2, 0.25) is 0 Å². The fourth-order valence-electron chi connectivity index (χ4n) is 6.44. The van der Waals surface area contributed by atoms with Crippen molar-refractivity contribution in [3.63, 3.8) is 0 Å². The summed E-state index contributed by atoms with van der Waals surface area (Å²) in [6.07, 6.45) is 9.66. The average Bonchev–Trinajstić information content (AvgIpc) is 2.69. The molecule has 2 fully saturated rings. The zero-order valence-electron chi connectivity index (χ0n) is 19.4. The van der Waals surface area contributed by atoms with E-state index in [1.165, 1.54) is 23.3 Å². The minimum Gasteiger partial charge on any atom is -0.508 e. The number of allylic oxidation sites excluding steroid dienone is 3. The quantitative estimate of drug-likeness (QED) is 0.321. The fourth-order valence-corrected chi connectivity index (χ4v) is 7.22. The number of rotatable bonds is 6. The molecule has 0 bridgehead atoms. The molecule has 0 saturated heterocycles. The Morgan fingerprint density at radius 1 is 1.29 bits per heavy atom. The maximum atomic E-state index is 11.5. The van der Waals surface area contributed by atoms with E-state index < -0.39 is 5.97 Å². The first-order chi connectivity index (χ1) is 14.5. The van der Waals surface area contributed by atoms with Crippen molar-refractivity contribution in [1.82, 2.24) is 0 Å². The van der Waals surface area contributed by atoms with Crippen molar-refractivity contribution in [3.8, 4) is 5.75 Å². The van der Waals surface area contributed by atoms with Crippen LogP contribution in [0.15, 0.2) is 42.0 Å². The van der Waals surface area contributed by atoms with Gasteiger partial charge in [0.1, 0.15) is 5.75 Å². The summed E-state index contributed by atoms with van der Waals surface area (Å²) < 4.78 is 0. The van der Waals surface area contributed by atoms with Crippen LogP contribution >= 0.6 is 15.9 Å². The Hall–Kier alpha value is -1.55. The van der Waals surface area contributed by atoms with Crippen molar-refractivity contribution in [2.75, 3.05) is 0 Å². The molecule has 0 aliphatic heterocycles. The van der Waals surface area contributed by atoms with Gasteiger partial charge in [-0.25, -0.2) is 4.79 Å². The lowest BCUT2D eigenvalue weighted by Crippen LogP contribution is -2.54. The Balaban J connectivity index is 1.94. The molecular formula is C27H37BrO3. The van der Waals surface area contributed by atoms with Crippen LogP contribution in [0.4, 0.5) is 0 Å². The third-order valence-electron chi connectivity index (χ3n) is 8.27. The Morgan fingerprint density at radius 2 is 2.00 bits per heavy atom. The SMILES string of the molecule is C=C1CC[C@@H]2[C@@](C)(CCC=C(C)C)[C@H](Br)CC[C@@]2(C)C1Cc1cc(C(=O)O)ccc1O. The number of hydrogen-bond acceptors (Lipinski definition) is 2. The standard InChI is InChI=1S/C27H37BrO3/c1-17(2)7-6-13-27(5)23-11-8-18(3)21(26(23,4)14-12-24(27)28)16-20-15-19(25(30)31)9-10-22(20)29/h7,9-10,15,21,23-24,29H,3,6,8,11-14,16H2,1-2,4-5H3,(H,30,31)/t21?,23-,24+,26-,27+/m0/s1. The number of phenolic OH excluding ortho intramolecular Hbond substituents is 1. The maximum Gasteiger partial charge on any atom is 0.335 e. The number of halogens is 1. The maximum absolute atomic E-state index is 11.5. The molecule has 1 unspecified atom stereocenters. The summed E-state index contributed by atoms with van der Waals surface area (Å²) in [5.41, 5.74) is 3.86. The van der Waals surface area contributed by atoms with Crippen molar-refractivity contribution in [1.29, 1.82) is 0 Å². The summed E-state index contributed by atoms with van der Waals surface area (Å²) in [7, 11) is 0. The van der Waals surface area contributed by atoms with Crippen LogP contribution in [0.3, 0.4) is 0 Å². The van der Waals surface area contributed by atoms with Crippen LogP contribution in [-0.2, 0) is 6.42 Å². The second-order valence-corrected chi connectivity index (χ2v) is 11.6. The zero-order chi connectivity index (χ0) is 23.0. The monoisotopic (exact) mass is 488 g/mol. The van der Waals surface area contributed by atoms with Crippen molar-refractivity contribution < 1.29 is 15.0 Å². The van der Waals surface area contributed by atoms with Crippen molar-refractivity contribution in [2.24, 2.45) is 22.7 Å². The Kier molecular flexibility index (Phi) is 7.10. The van der Waals surface area contributed by atoms with Crippen LogP contribution in [0, 0.1) is 22.7 Å². The van der Waals surface area contributed by atoms with Gasteiger partial charge in [-0.15, -0.1) is 0 Å². The van der Waals surface area contributed by atoms with Gasteiger partial charge in [-0.05, 0) is 105 Å². The summed E-state index contributed by atoms with van der Waals surface area (Å²) in [4.78, 5) is 12.0. The highest BCUT2D eigenvalue weighted by molar-refractivity contribution is 9.09. The molecule has 0 aromatic heterocycles. The van der Waals surface area contributed by atoms with Crippen LogP contribution < -0.4 is 0 Å². The van der Waals surface area contributed by atoms with Gasteiger partial charge in [-0.2, -0.15) is 0 Å². The predicted octanol–water partition coefficient (Wildman–Crippen LogP) is 7.53. The molecule has 3 nitrogen and oxygen atoms in total. The molecule has 0 heterocycles. The van der Waals surface area contributed by atoms with Gasteiger partial charge >= 0.3 is 5.97 Å². The number of alkyl halides is 1. The van der Waals surface area contributed by atoms with Crippen LogP contribution in [0.1, 0.15) is 82.1 Å². The molecule has 2 aliphatic rings. The fraction of sp³-hybridized carbons (Fsp3) is 0.593. The number of hydrogen-bond donors (Lipinski definition) is 2. The van der Waals surface area contributed by atoms with Crippen LogP contribution in [-0.4, -0.2) is 21.0 Å². The number of carbonyl (C=O) groups is 1. The van der Waals surface area contributed by atoms with Crippen LogP contribution in [0.25, 0.3) is 0 Å². The lowest BCUT2D eigenvalue weighted by molar-refractivity contribution is -0.0588. The highest BCUT2D eigenvalue weighted by Gasteiger charge is 2.57. The number of fused-ring (bicyclic) bond motifs is 1. The molecule has 1 aromatic rings. The van der Waals surface area contributed by atoms with Gasteiger partial charge in [0, 0.05) is 4.83 Å². The largest absolute Gasteiger partial charge is 0.508 e. The number of phenols is 1. The topological polar surface area (TPSA) is 57.5 Å². The number of aromatic hydroxyl groups is 1. The summed E-state index contributed by atoms with van der Waals surface area (Å²) in [5, 5.41) is 19.9. The van der Waals surface area contributed by atoms with E-state index >= 15 is 0 Å². The van der Waals surface area contributed by atoms with E-state index in [-0.39, 0.29) is 28.1 Å². The number of aromatic carboxylic acids is 1. The first kappa shape index (κ1) is 24.1. The molecular weight excluding hydrogens is 452 g/mol. The van der Waals surface area contributed by atoms with Gasteiger partial charge in [0.25, 0.3) is 0 Å². The van der Waals surface area contributed by atoms with Gasteiger partial charge in [-0.3, -0.25) is 0 Å². The van der Waals surface area contributed by atoms with E-state index in [4.69, 9.17) is 0 Å². The number of carboxylic acid groups (broad SMARTS) is 1. The molecule has 4 heteroatoms. The average molecular weight is 489 g/mol. The van der Waals surface area contributed by atoms with E-state index in [9.17, 15) is 15.0 Å². The summed E-state index contributed by atoms with van der Waals surface area (Å²) in [6, 6.07) is 4.63. The lowest BCUT2D eigenvalue weighted by atomic mass is 9.46. The van der Waals surface area contributed by atoms with Crippen molar-refractivity contribution >= 4 is 21.9 Å². The zero-order valence-corrected chi connectivity index (χ0v) is 21.0. The minimum atomic E-state index is -0.959. The Morgan fingerprint density at radius 3 is 2.65 bits per heavy atom. The van der Waals surface area contributed by atoms with Crippen molar-refractivity contribution in [3.05, 3.63) is 53.1 Å². The second-order valence-electron chi connectivity index (χ2n) is 10.5. The third-order valence-corrected chi connectivity index (χ3v) is 9.78. The molecule has 2 saturated carbocycles. The van der Waals surface area contributed by atoms with E-state index in [1.54, 1.807) is 6.07 Å². The molecule has 1 aromatic carbocycles. The number of benzene rings is 1. The molecule has 2 aliphatic carbocycles. The van der Waals surface area contributed by atoms with Gasteiger partial charge in [0.2, 0.25) is 0 Å². The van der Waals surface area contributed by atoms with Gasteiger partial charge in [0.15, 0.2) is 0 Å². The molecule has 3 rings (SSSR count). The first-order valence-electron chi connectivity index (χ1n) is 11.5. The Bertz CT molecular complexity index is 884. The highest BCUT2D eigenvalue weighted by atomic mass is 79.9. The summed E-state index contributed by atoms with van der Waals surface area (Å²) in [5.74, 6) is 0.0245. The smallest absolute Gasteiger partial charge is 0.335 e. The normalized spacial score (nSPS) is 32.9. The molecule has 2 N–H and O–H groups in total. The first-order valence-corrected chi connectivity index (χ1v) is 12.4. The van der Waals surface area contributed by atoms with Gasteiger partial charge in [0.05, 0.1) is 5.56 Å². The molecule has 5 atom stereocenters. The molecule has 0 amide bonds. The van der Waals surface area contributed by atoms with Gasteiger partial charge < -0.3 is 10.2 Å². The van der Waals surface area contributed by atoms with Crippen LogP contribution in [0.5, 0.6) is 5.75 Å². The molecule has 0 radical (unpaired) electrons. The van der Waals surface area contributed by atoms with Crippen molar-refractivity contribution in [2.45, 2.75) is 77.5 Å². The van der Waals surface area contributed by atoms with Gasteiger partial charge in [-0.1, -0.05) is 53.6 Å². The minimum absolute atomic E-state index is 0.0883. The highest BCUT2D eigenvalue weighted by Crippen LogP contribution is 2.64. The summed E-state index contributed by atoms with van der Waals surface area (Å²) in [6.45, 7) is 13.7. The molecule has 0 spiro atoms. The Labute approximate surface area is 195 Å². The molecule has 31 heavy (non-hydrogen) atoms. The second kappa shape index (κ2) is 9.13. The van der Waals surface area contributed by atoms with E-state index in [0.29, 0.717) is 17.2 Å². The number of carboxylic acids is 1. The van der Waals surface area contributed by atoms with E-state index in [1.807, 2.05) is 0 Å². The van der Waals surface area contributed by atoms with E-state index in [0.717, 1.165) is 44.1 Å².